The highest BCUT2D eigenvalue weighted by molar-refractivity contribution is 6.44. The zero-order valence-electron chi connectivity index (χ0n) is 13.9. The summed E-state index contributed by atoms with van der Waals surface area (Å²) in [6, 6.07) is 12.8. The van der Waals surface area contributed by atoms with E-state index in [4.69, 9.17) is 4.74 Å². The van der Waals surface area contributed by atoms with Crippen LogP contribution in [0.4, 0.5) is 18.9 Å². The van der Waals surface area contributed by atoms with Crippen LogP contribution in [0.2, 0.25) is 0 Å². The van der Waals surface area contributed by atoms with Crippen LogP contribution in [-0.4, -0.2) is 36.2 Å². The van der Waals surface area contributed by atoms with Crippen molar-refractivity contribution >= 4 is 17.4 Å². The molecule has 0 heterocycles. The summed E-state index contributed by atoms with van der Waals surface area (Å²) in [6.45, 7) is 0.490. The van der Waals surface area contributed by atoms with Crippen LogP contribution in [0.25, 0.3) is 11.1 Å². The zero-order valence-corrected chi connectivity index (χ0v) is 13.9. The summed E-state index contributed by atoms with van der Waals surface area (Å²) in [5.74, 6) is -0.830. The number of alkyl halides is 3. The molecule has 0 aliphatic heterocycles. The fourth-order valence-electron chi connectivity index (χ4n) is 2.40. The normalized spacial score (nSPS) is 11.9. The second-order valence-corrected chi connectivity index (χ2v) is 5.23. The molecule has 0 aromatic heterocycles. The van der Waals surface area contributed by atoms with Crippen molar-refractivity contribution in [3.8, 4) is 11.1 Å². The molecule has 26 heavy (non-hydrogen) atoms. The minimum absolute atomic E-state index is 0.0870. The first-order chi connectivity index (χ1) is 12.4. The SMILES string of the molecule is CCOC(=O)/C(=N/O)c1ccccc1-c1ccccc1NCC(F)(F)F. The number of oxime groups is 1. The number of carbonyl (C=O) groups excluding carboxylic acids is 1. The van der Waals surface area contributed by atoms with E-state index >= 15 is 0 Å². The second kappa shape index (κ2) is 8.37. The summed E-state index contributed by atoms with van der Waals surface area (Å²) < 4.78 is 42.5. The molecule has 2 aromatic rings. The third kappa shape index (κ3) is 4.75. The first-order valence-corrected chi connectivity index (χ1v) is 7.76. The standard InChI is InChI=1S/C18H17F3N2O3/c1-2-26-17(24)16(23-25)14-9-4-3-7-12(14)13-8-5-6-10-15(13)22-11-18(19,20)21/h3-10,22,25H,2,11H2,1H3/b23-16+. The fraction of sp³-hybridized carbons (Fsp3) is 0.222. The van der Waals surface area contributed by atoms with E-state index in [1.807, 2.05) is 0 Å². The quantitative estimate of drug-likeness (QED) is 0.350. The van der Waals surface area contributed by atoms with Crippen molar-refractivity contribution in [1.82, 2.24) is 0 Å². The maximum absolute atomic E-state index is 12.6. The van der Waals surface area contributed by atoms with Crippen molar-refractivity contribution in [2.24, 2.45) is 5.16 Å². The highest BCUT2D eigenvalue weighted by Gasteiger charge is 2.27. The Kier molecular flexibility index (Phi) is 6.21. The van der Waals surface area contributed by atoms with Crippen molar-refractivity contribution in [2.45, 2.75) is 13.1 Å². The van der Waals surface area contributed by atoms with Gasteiger partial charge in [0.2, 0.25) is 0 Å². The number of hydrogen-bond donors (Lipinski definition) is 2. The molecule has 138 valence electrons. The van der Waals surface area contributed by atoms with Crippen molar-refractivity contribution in [3.05, 3.63) is 54.1 Å². The number of para-hydroxylation sites is 1. The van der Waals surface area contributed by atoms with Crippen LogP contribution in [0.3, 0.4) is 0 Å². The Morgan fingerprint density at radius 1 is 1.12 bits per heavy atom. The number of benzene rings is 2. The van der Waals surface area contributed by atoms with Crippen LogP contribution in [-0.2, 0) is 9.53 Å². The summed E-state index contributed by atoms with van der Waals surface area (Å²) in [4.78, 5) is 12.0. The molecule has 0 saturated heterocycles. The number of nitrogens with one attached hydrogen (secondary N) is 1. The Morgan fingerprint density at radius 2 is 1.73 bits per heavy atom. The lowest BCUT2D eigenvalue weighted by molar-refractivity contribution is -0.135. The molecule has 2 aromatic carbocycles. The molecule has 0 aliphatic carbocycles. The van der Waals surface area contributed by atoms with E-state index in [1.165, 1.54) is 12.1 Å². The molecule has 0 aliphatic rings. The van der Waals surface area contributed by atoms with Gasteiger partial charge in [-0.2, -0.15) is 13.2 Å². The summed E-state index contributed by atoms with van der Waals surface area (Å²) in [5.41, 5.74) is 1.01. The van der Waals surface area contributed by atoms with Gasteiger partial charge in [-0.05, 0) is 18.6 Å². The van der Waals surface area contributed by atoms with Gasteiger partial charge in [0.05, 0.1) is 6.61 Å². The molecular weight excluding hydrogens is 349 g/mol. The lowest BCUT2D eigenvalue weighted by Crippen LogP contribution is -2.22. The van der Waals surface area contributed by atoms with Crippen LogP contribution in [0, 0.1) is 0 Å². The van der Waals surface area contributed by atoms with Gasteiger partial charge in [-0.15, -0.1) is 0 Å². The van der Waals surface area contributed by atoms with Gasteiger partial charge in [0, 0.05) is 16.8 Å². The minimum Gasteiger partial charge on any atom is -0.461 e. The van der Waals surface area contributed by atoms with E-state index in [-0.39, 0.29) is 23.6 Å². The molecule has 0 amide bonds. The molecule has 8 heteroatoms. The molecule has 2 N–H and O–H groups in total. The Bertz CT molecular complexity index is 804. The molecule has 2 rings (SSSR count). The molecule has 0 saturated carbocycles. The number of rotatable bonds is 6. The van der Waals surface area contributed by atoms with Crippen molar-refractivity contribution < 1.29 is 27.9 Å². The van der Waals surface area contributed by atoms with Gasteiger partial charge in [0.25, 0.3) is 0 Å². The van der Waals surface area contributed by atoms with E-state index in [9.17, 15) is 23.2 Å². The fourth-order valence-corrected chi connectivity index (χ4v) is 2.40. The third-order valence-electron chi connectivity index (χ3n) is 3.45. The number of ether oxygens (including phenoxy) is 1. The third-order valence-corrected chi connectivity index (χ3v) is 3.45. The number of halogens is 3. The van der Waals surface area contributed by atoms with Crippen molar-refractivity contribution in [3.63, 3.8) is 0 Å². The lowest BCUT2D eigenvalue weighted by atomic mass is 9.95. The van der Waals surface area contributed by atoms with E-state index in [0.717, 1.165) is 0 Å². The molecule has 0 spiro atoms. The Hall–Kier alpha value is -3.03. The van der Waals surface area contributed by atoms with Crippen LogP contribution in [0.15, 0.2) is 53.7 Å². The molecule has 0 unspecified atom stereocenters. The highest BCUT2D eigenvalue weighted by atomic mass is 19.4. The van der Waals surface area contributed by atoms with Gasteiger partial charge in [0.15, 0.2) is 5.71 Å². The predicted octanol–water partition coefficient (Wildman–Crippen LogP) is 4.07. The van der Waals surface area contributed by atoms with E-state index < -0.39 is 18.7 Å². The monoisotopic (exact) mass is 366 g/mol. The van der Waals surface area contributed by atoms with Gasteiger partial charge in [-0.3, -0.25) is 0 Å². The van der Waals surface area contributed by atoms with Crippen LogP contribution < -0.4 is 5.32 Å². The van der Waals surface area contributed by atoms with Gasteiger partial charge in [0.1, 0.15) is 6.54 Å². The van der Waals surface area contributed by atoms with Gasteiger partial charge in [-0.25, -0.2) is 4.79 Å². The average molecular weight is 366 g/mol. The first kappa shape index (κ1) is 19.3. The maximum Gasteiger partial charge on any atom is 0.405 e. The largest absolute Gasteiger partial charge is 0.461 e. The van der Waals surface area contributed by atoms with Crippen LogP contribution in [0.1, 0.15) is 12.5 Å². The molecule has 0 atom stereocenters. The number of esters is 1. The molecule has 5 nitrogen and oxygen atoms in total. The Morgan fingerprint density at radius 3 is 2.35 bits per heavy atom. The van der Waals surface area contributed by atoms with Gasteiger partial charge in [-0.1, -0.05) is 47.6 Å². The topological polar surface area (TPSA) is 70.9 Å². The number of nitrogens with zero attached hydrogens (tertiary/aromatic N) is 1. The minimum atomic E-state index is -4.38. The molecular formula is C18H17F3N2O3. The van der Waals surface area contributed by atoms with Gasteiger partial charge < -0.3 is 15.3 Å². The number of carbonyl (C=O) groups is 1. The van der Waals surface area contributed by atoms with Crippen molar-refractivity contribution in [1.29, 1.82) is 0 Å². The number of hydrogen-bond acceptors (Lipinski definition) is 5. The Labute approximate surface area is 148 Å². The summed E-state index contributed by atoms with van der Waals surface area (Å²) in [7, 11) is 0. The highest BCUT2D eigenvalue weighted by Crippen LogP contribution is 2.32. The summed E-state index contributed by atoms with van der Waals surface area (Å²) in [6.07, 6.45) is -4.38. The molecule has 0 radical (unpaired) electrons. The molecule has 0 fully saturated rings. The smallest absolute Gasteiger partial charge is 0.405 e. The lowest BCUT2D eigenvalue weighted by Gasteiger charge is -2.16. The summed E-state index contributed by atoms with van der Waals surface area (Å²) in [5, 5.41) is 14.6. The van der Waals surface area contributed by atoms with E-state index in [1.54, 1.807) is 43.3 Å². The molecule has 0 bridgehead atoms. The predicted molar refractivity (Wildman–Crippen MR) is 91.4 cm³/mol. The maximum atomic E-state index is 12.6. The van der Waals surface area contributed by atoms with E-state index in [2.05, 4.69) is 10.5 Å². The van der Waals surface area contributed by atoms with Crippen LogP contribution >= 0.6 is 0 Å². The average Bonchev–Trinajstić information content (AvgIpc) is 2.61. The zero-order chi connectivity index (χ0) is 19.2. The van der Waals surface area contributed by atoms with Crippen molar-refractivity contribution in [2.75, 3.05) is 18.5 Å². The van der Waals surface area contributed by atoms with Crippen LogP contribution in [0.5, 0.6) is 0 Å². The van der Waals surface area contributed by atoms with Gasteiger partial charge >= 0.3 is 12.1 Å². The summed E-state index contributed by atoms with van der Waals surface area (Å²) >= 11 is 0. The Balaban J connectivity index is 2.49. The number of anilines is 1. The second-order valence-electron chi connectivity index (χ2n) is 5.23. The van der Waals surface area contributed by atoms with E-state index in [0.29, 0.717) is 11.1 Å². The first-order valence-electron chi connectivity index (χ1n) is 7.76.